The lowest BCUT2D eigenvalue weighted by atomic mass is 9.91. The lowest BCUT2D eigenvalue weighted by Crippen LogP contribution is -2.52. The maximum Gasteiger partial charge on any atom is 0.253 e. The van der Waals surface area contributed by atoms with Crippen LogP contribution >= 0.6 is 0 Å². The molecule has 0 aliphatic carbocycles. The number of rotatable bonds is 7. The van der Waals surface area contributed by atoms with E-state index in [-0.39, 0.29) is 17.4 Å². The number of allylic oxidation sites excluding steroid dienone is 2. The highest BCUT2D eigenvalue weighted by atomic mass is 19.1. The third-order valence-corrected chi connectivity index (χ3v) is 5.86. The van der Waals surface area contributed by atoms with Crippen molar-refractivity contribution < 1.29 is 13.9 Å². The molecule has 1 heterocycles. The summed E-state index contributed by atoms with van der Waals surface area (Å²) in [6.07, 6.45) is 4.49. The van der Waals surface area contributed by atoms with Crippen LogP contribution in [0, 0.1) is 35.9 Å². The minimum atomic E-state index is -0.544. The molecule has 5 nitrogen and oxygen atoms in total. The van der Waals surface area contributed by atoms with Gasteiger partial charge in [-0.3, -0.25) is 4.79 Å². The van der Waals surface area contributed by atoms with Crippen LogP contribution < -0.4 is 10.5 Å². The fraction of sp³-hybridized carbons (Fsp3) is 0.419. The summed E-state index contributed by atoms with van der Waals surface area (Å²) < 4.78 is 19.0. The Morgan fingerprint density at radius 3 is 2.30 bits per heavy atom. The van der Waals surface area contributed by atoms with Crippen LogP contribution in [0.4, 0.5) is 4.39 Å². The molecule has 200 valence electrons. The van der Waals surface area contributed by atoms with Crippen molar-refractivity contribution in [1.29, 1.82) is 5.26 Å². The third kappa shape index (κ3) is 9.51. The number of carbonyl (C=O) groups is 1. The van der Waals surface area contributed by atoms with Crippen LogP contribution in [0.3, 0.4) is 0 Å². The molecule has 6 heteroatoms. The van der Waals surface area contributed by atoms with Gasteiger partial charge >= 0.3 is 0 Å². The molecule has 1 aliphatic heterocycles. The highest BCUT2D eigenvalue weighted by molar-refractivity contribution is 5.98. The lowest BCUT2D eigenvalue weighted by molar-refractivity contribution is -0.132. The van der Waals surface area contributed by atoms with E-state index in [2.05, 4.69) is 6.92 Å². The standard InChI is InChI=1S/C21H26FN3O.C8H10O.C2H6/c1-4-5-17(21(26)25-12-15(10-23)13-25)8-19(14(2)3)16-6-7-18(11-24)20(22)9-16;1-7-3-5-8(9-2)6-4-7;1-2/h5-9,14-15H,4,10,12-13,23H2,1-3H3;3-6H,1-2H3;1-2H3/b17-5+,19-8+;;. The predicted octanol–water partition coefficient (Wildman–Crippen LogP) is 6.52. The summed E-state index contributed by atoms with van der Waals surface area (Å²) in [6.45, 7) is 14.0. The van der Waals surface area contributed by atoms with Gasteiger partial charge in [0, 0.05) is 24.6 Å². The summed E-state index contributed by atoms with van der Waals surface area (Å²) in [5, 5.41) is 8.91. The van der Waals surface area contributed by atoms with Crippen LogP contribution in [0.1, 0.15) is 57.7 Å². The predicted molar refractivity (Wildman–Crippen MR) is 151 cm³/mol. The SMILES string of the molecule is CC.CC/C=C(\C=C(\c1ccc(C#N)c(F)c1)C(C)C)C(=O)N1CC(CN)C1.COc1ccc(C)cc1. The molecule has 0 bridgehead atoms. The summed E-state index contributed by atoms with van der Waals surface area (Å²) in [5.74, 6) is 0.841. The molecular weight excluding hydrogens is 465 g/mol. The summed E-state index contributed by atoms with van der Waals surface area (Å²) in [6, 6.07) is 14.4. The molecule has 3 rings (SSSR count). The van der Waals surface area contributed by atoms with Gasteiger partial charge in [0.2, 0.25) is 0 Å². The van der Waals surface area contributed by atoms with E-state index < -0.39 is 5.82 Å². The highest BCUT2D eigenvalue weighted by Gasteiger charge is 2.30. The fourth-order valence-corrected chi connectivity index (χ4v) is 3.71. The number of methoxy groups -OCH3 is 1. The van der Waals surface area contributed by atoms with E-state index in [1.165, 1.54) is 17.7 Å². The highest BCUT2D eigenvalue weighted by Crippen LogP contribution is 2.28. The van der Waals surface area contributed by atoms with Gasteiger partial charge in [-0.1, -0.05) is 64.5 Å². The second-order valence-corrected chi connectivity index (χ2v) is 8.96. The van der Waals surface area contributed by atoms with Crippen molar-refractivity contribution in [3.8, 4) is 11.8 Å². The van der Waals surface area contributed by atoms with Gasteiger partial charge in [-0.05, 0) is 67.3 Å². The molecule has 0 spiro atoms. The first-order valence-electron chi connectivity index (χ1n) is 13.0. The Hall–Kier alpha value is -3.43. The van der Waals surface area contributed by atoms with Gasteiger partial charge in [-0.25, -0.2) is 4.39 Å². The van der Waals surface area contributed by atoms with Crippen LogP contribution in [0.25, 0.3) is 5.57 Å². The number of ether oxygens (including phenoxy) is 1. The van der Waals surface area contributed by atoms with Gasteiger partial charge in [0.25, 0.3) is 5.91 Å². The first kappa shape index (κ1) is 31.6. The normalized spacial score (nSPS) is 13.5. The van der Waals surface area contributed by atoms with E-state index in [0.29, 0.717) is 36.7 Å². The van der Waals surface area contributed by atoms with Crippen molar-refractivity contribution >= 4 is 11.5 Å². The number of carbonyl (C=O) groups excluding carboxylic acids is 1. The first-order chi connectivity index (χ1) is 17.7. The minimum absolute atomic E-state index is 0.0104. The number of benzene rings is 2. The van der Waals surface area contributed by atoms with E-state index in [1.54, 1.807) is 18.1 Å². The number of aryl methyl sites for hydroxylation is 1. The Bertz CT molecular complexity index is 1090. The number of hydrogen-bond acceptors (Lipinski definition) is 4. The molecule has 0 radical (unpaired) electrons. The summed E-state index contributed by atoms with van der Waals surface area (Å²) in [7, 11) is 1.67. The van der Waals surface area contributed by atoms with Crippen LogP contribution in [-0.4, -0.2) is 37.6 Å². The van der Waals surface area contributed by atoms with Crippen LogP contribution in [0.2, 0.25) is 0 Å². The molecule has 1 amide bonds. The van der Waals surface area contributed by atoms with Crippen LogP contribution in [-0.2, 0) is 4.79 Å². The fourth-order valence-electron chi connectivity index (χ4n) is 3.71. The Labute approximate surface area is 222 Å². The lowest BCUT2D eigenvalue weighted by Gasteiger charge is -2.39. The number of amides is 1. The Kier molecular flexibility index (Phi) is 14.0. The number of likely N-dealkylation sites (tertiary alicyclic amines) is 1. The average Bonchev–Trinajstić information content (AvgIpc) is 2.87. The van der Waals surface area contributed by atoms with E-state index >= 15 is 0 Å². The maximum atomic E-state index is 14.0. The Morgan fingerprint density at radius 1 is 1.22 bits per heavy atom. The summed E-state index contributed by atoms with van der Waals surface area (Å²) >= 11 is 0. The number of hydrogen-bond donors (Lipinski definition) is 1. The quantitative estimate of drug-likeness (QED) is 0.342. The molecule has 2 aromatic rings. The van der Waals surface area contributed by atoms with Gasteiger partial charge in [0.05, 0.1) is 12.7 Å². The molecular formula is C31H42FN3O2. The Balaban J connectivity index is 0.000000519. The molecule has 0 aromatic heterocycles. The largest absolute Gasteiger partial charge is 0.497 e. The van der Waals surface area contributed by atoms with Crippen molar-refractivity contribution in [1.82, 2.24) is 4.90 Å². The van der Waals surface area contributed by atoms with Gasteiger partial charge in [0.15, 0.2) is 0 Å². The zero-order chi connectivity index (χ0) is 28.0. The van der Waals surface area contributed by atoms with Crippen molar-refractivity contribution in [2.45, 2.75) is 48.0 Å². The van der Waals surface area contributed by atoms with Crippen molar-refractivity contribution in [3.05, 3.63) is 82.7 Å². The van der Waals surface area contributed by atoms with E-state index in [4.69, 9.17) is 15.7 Å². The second kappa shape index (κ2) is 16.3. The molecule has 0 saturated carbocycles. The van der Waals surface area contributed by atoms with Gasteiger partial charge in [-0.15, -0.1) is 0 Å². The van der Waals surface area contributed by atoms with Crippen molar-refractivity contribution in [2.75, 3.05) is 26.7 Å². The zero-order valence-corrected chi connectivity index (χ0v) is 23.3. The summed E-state index contributed by atoms with van der Waals surface area (Å²) in [4.78, 5) is 14.6. The molecule has 0 unspecified atom stereocenters. The van der Waals surface area contributed by atoms with Gasteiger partial charge in [-0.2, -0.15) is 5.26 Å². The zero-order valence-electron chi connectivity index (χ0n) is 23.3. The molecule has 37 heavy (non-hydrogen) atoms. The number of halogens is 1. The smallest absolute Gasteiger partial charge is 0.253 e. The Morgan fingerprint density at radius 2 is 1.84 bits per heavy atom. The van der Waals surface area contributed by atoms with Crippen LogP contribution in [0.5, 0.6) is 5.75 Å². The topological polar surface area (TPSA) is 79.4 Å². The minimum Gasteiger partial charge on any atom is -0.497 e. The van der Waals surface area contributed by atoms with Crippen molar-refractivity contribution in [2.24, 2.45) is 17.6 Å². The molecule has 1 fully saturated rings. The van der Waals surface area contributed by atoms with Crippen LogP contribution in [0.15, 0.2) is 60.2 Å². The second-order valence-electron chi connectivity index (χ2n) is 8.96. The van der Waals surface area contributed by atoms with Crippen molar-refractivity contribution in [3.63, 3.8) is 0 Å². The molecule has 2 aromatic carbocycles. The van der Waals surface area contributed by atoms with Gasteiger partial charge < -0.3 is 15.4 Å². The van der Waals surface area contributed by atoms with E-state index in [1.807, 2.05) is 77.1 Å². The molecule has 1 saturated heterocycles. The molecule has 1 aliphatic rings. The third-order valence-electron chi connectivity index (χ3n) is 5.86. The maximum absolute atomic E-state index is 14.0. The molecule has 0 atom stereocenters. The number of nitrogens with two attached hydrogens (primary N) is 1. The first-order valence-corrected chi connectivity index (χ1v) is 13.0. The monoisotopic (exact) mass is 507 g/mol. The molecule has 2 N–H and O–H groups in total. The van der Waals surface area contributed by atoms with Gasteiger partial charge in [0.1, 0.15) is 17.6 Å². The summed E-state index contributed by atoms with van der Waals surface area (Å²) in [5.41, 5.74) is 9.11. The van der Waals surface area contributed by atoms with E-state index in [0.717, 1.165) is 17.7 Å². The number of nitriles is 1. The van der Waals surface area contributed by atoms with E-state index in [9.17, 15) is 9.18 Å². The number of nitrogens with zero attached hydrogens (tertiary/aromatic N) is 2. The average molecular weight is 508 g/mol.